The highest BCUT2D eigenvalue weighted by Gasteiger charge is 2.47. The third-order valence-electron chi connectivity index (χ3n) is 5.51. The van der Waals surface area contributed by atoms with Crippen LogP contribution < -0.4 is 14.2 Å². The quantitative estimate of drug-likeness (QED) is 0.257. The number of benzene rings is 1. The van der Waals surface area contributed by atoms with E-state index in [1.807, 2.05) is 0 Å². The lowest BCUT2D eigenvalue weighted by Crippen LogP contribution is -2.61. The molecule has 0 spiro atoms. The van der Waals surface area contributed by atoms with Crippen molar-refractivity contribution in [3.05, 3.63) is 18.2 Å². The van der Waals surface area contributed by atoms with E-state index >= 15 is 0 Å². The van der Waals surface area contributed by atoms with Gasteiger partial charge >= 0.3 is 0 Å². The third kappa shape index (κ3) is 5.09. The van der Waals surface area contributed by atoms with Crippen molar-refractivity contribution in [1.82, 2.24) is 0 Å². The molecule has 2 aliphatic rings. The maximum Gasteiger partial charge on any atom is 0.229 e. The Kier molecular flexibility index (Phi) is 8.14. The second-order valence-corrected chi connectivity index (χ2v) is 7.66. The summed E-state index contributed by atoms with van der Waals surface area (Å²) in [4.78, 5) is 0. The van der Waals surface area contributed by atoms with Crippen molar-refractivity contribution >= 4 is 0 Å². The maximum absolute atomic E-state index is 10.3. The van der Waals surface area contributed by atoms with Crippen molar-refractivity contribution in [1.29, 1.82) is 0 Å². The van der Waals surface area contributed by atoms with E-state index < -0.39 is 61.4 Å². The number of methoxy groups -OCH3 is 2. The van der Waals surface area contributed by atoms with E-state index in [1.165, 1.54) is 27.2 Å². The van der Waals surface area contributed by atoms with Gasteiger partial charge in [0, 0.05) is 6.07 Å². The van der Waals surface area contributed by atoms with Gasteiger partial charge < -0.3 is 59.1 Å². The summed E-state index contributed by atoms with van der Waals surface area (Å²) >= 11 is 0. The lowest BCUT2D eigenvalue weighted by molar-refractivity contribution is -0.318. The fraction of sp³-hybridized carbons (Fsp3) is 0.700. The van der Waals surface area contributed by atoms with Gasteiger partial charge in [-0.2, -0.15) is 0 Å². The minimum Gasteiger partial charge on any atom is -0.493 e. The molecule has 1 aromatic rings. The number of aliphatic hydroxyl groups is 6. The van der Waals surface area contributed by atoms with Crippen LogP contribution in [-0.2, 0) is 14.2 Å². The molecular formula is C20H30O12. The first-order valence-corrected chi connectivity index (χ1v) is 10.1. The Labute approximate surface area is 184 Å². The average Bonchev–Trinajstić information content (AvgIpc) is 2.79. The molecule has 2 fully saturated rings. The van der Waals surface area contributed by atoms with Crippen LogP contribution in [0.4, 0.5) is 0 Å². The third-order valence-corrected chi connectivity index (χ3v) is 5.51. The van der Waals surface area contributed by atoms with Crippen LogP contribution >= 0.6 is 0 Å². The first kappa shape index (κ1) is 24.9. The average molecular weight is 462 g/mol. The maximum atomic E-state index is 10.3. The second-order valence-electron chi connectivity index (χ2n) is 7.66. The largest absolute Gasteiger partial charge is 0.493 e. The molecule has 0 radical (unpaired) electrons. The number of ether oxygens (including phenoxy) is 6. The zero-order valence-corrected chi connectivity index (χ0v) is 17.8. The number of rotatable bonds is 7. The monoisotopic (exact) mass is 462 g/mol. The minimum absolute atomic E-state index is 0.243. The van der Waals surface area contributed by atoms with Crippen LogP contribution in [0.15, 0.2) is 18.2 Å². The second kappa shape index (κ2) is 10.5. The Morgan fingerprint density at radius 2 is 1.38 bits per heavy atom. The predicted molar refractivity (Wildman–Crippen MR) is 105 cm³/mol. The van der Waals surface area contributed by atoms with Gasteiger partial charge in [-0.1, -0.05) is 0 Å². The Balaban J connectivity index is 1.66. The normalized spacial score (nSPS) is 40.0. The van der Waals surface area contributed by atoms with Crippen LogP contribution in [-0.4, -0.2) is 113 Å². The summed E-state index contributed by atoms with van der Waals surface area (Å²) in [5.41, 5.74) is 0. The van der Waals surface area contributed by atoms with E-state index in [9.17, 15) is 30.6 Å². The van der Waals surface area contributed by atoms with Gasteiger partial charge in [-0.3, -0.25) is 0 Å². The van der Waals surface area contributed by atoms with Gasteiger partial charge in [-0.15, -0.1) is 0 Å². The summed E-state index contributed by atoms with van der Waals surface area (Å²) in [6, 6.07) is 4.62. The van der Waals surface area contributed by atoms with Crippen LogP contribution in [0.25, 0.3) is 0 Å². The van der Waals surface area contributed by atoms with E-state index in [2.05, 4.69) is 0 Å². The molecule has 6 N–H and O–H groups in total. The number of aliphatic hydroxyl groups excluding tert-OH is 6. The molecule has 2 heterocycles. The molecule has 12 heteroatoms. The van der Waals surface area contributed by atoms with Gasteiger partial charge in [-0.25, -0.2) is 0 Å². The van der Waals surface area contributed by atoms with E-state index in [4.69, 9.17) is 28.4 Å². The van der Waals surface area contributed by atoms with Gasteiger partial charge in [0.25, 0.3) is 0 Å². The molecule has 1 aromatic carbocycles. The highest BCUT2D eigenvalue weighted by molar-refractivity contribution is 5.45. The van der Waals surface area contributed by atoms with Crippen LogP contribution in [0.2, 0.25) is 0 Å². The van der Waals surface area contributed by atoms with Crippen molar-refractivity contribution in [3.63, 3.8) is 0 Å². The molecule has 0 bridgehead atoms. The zero-order chi connectivity index (χ0) is 23.6. The van der Waals surface area contributed by atoms with Gasteiger partial charge in [-0.05, 0) is 19.1 Å². The molecule has 182 valence electrons. The van der Waals surface area contributed by atoms with Gasteiger partial charge in [0.15, 0.2) is 17.8 Å². The SMILES string of the molecule is COc1ccc(O[C@@H]2O[C@@H](CO[C@@H]3O[C@@H](C)[C@H](O)[C@@H](O)[C@H]3O)[C@H](O)[C@@H](O)[C@@H]2O)cc1OC. The van der Waals surface area contributed by atoms with E-state index in [-0.39, 0.29) is 12.4 Å². The fourth-order valence-electron chi connectivity index (χ4n) is 3.52. The molecule has 0 saturated carbocycles. The molecule has 0 unspecified atom stereocenters. The highest BCUT2D eigenvalue weighted by atomic mass is 16.7. The lowest BCUT2D eigenvalue weighted by atomic mass is 9.98. The van der Waals surface area contributed by atoms with E-state index in [1.54, 1.807) is 12.1 Å². The summed E-state index contributed by atoms with van der Waals surface area (Å²) in [5, 5.41) is 60.5. The standard InChI is InChI=1S/C20H30O12/c1-8-13(21)15(23)17(25)19(30-8)29-7-12-14(22)16(24)18(26)20(32-12)31-9-4-5-10(27-2)11(6-9)28-3/h4-6,8,12-26H,7H2,1-3H3/t8-,12-,13-,14-,15+,16+,17+,18-,19+,20+/m0/s1. The fourth-order valence-corrected chi connectivity index (χ4v) is 3.52. The summed E-state index contributed by atoms with van der Waals surface area (Å²) < 4.78 is 32.3. The Morgan fingerprint density at radius 1 is 0.750 bits per heavy atom. The predicted octanol–water partition coefficient (Wildman–Crippen LogP) is -2.27. The molecule has 3 rings (SSSR count). The summed E-state index contributed by atoms with van der Waals surface area (Å²) in [7, 11) is 2.92. The lowest BCUT2D eigenvalue weighted by Gasteiger charge is -2.42. The molecule has 10 atom stereocenters. The molecule has 32 heavy (non-hydrogen) atoms. The van der Waals surface area contributed by atoms with Crippen molar-refractivity contribution in [2.75, 3.05) is 20.8 Å². The summed E-state index contributed by atoms with van der Waals surface area (Å²) in [6.07, 6.45) is -13.7. The van der Waals surface area contributed by atoms with E-state index in [0.29, 0.717) is 11.5 Å². The van der Waals surface area contributed by atoms with Crippen LogP contribution in [0.5, 0.6) is 17.2 Å². The topological polar surface area (TPSA) is 177 Å². The van der Waals surface area contributed by atoms with Crippen molar-refractivity contribution in [3.8, 4) is 17.2 Å². The van der Waals surface area contributed by atoms with Crippen molar-refractivity contribution < 1.29 is 59.1 Å². The highest BCUT2D eigenvalue weighted by Crippen LogP contribution is 2.33. The molecule has 0 amide bonds. The summed E-state index contributed by atoms with van der Waals surface area (Å²) in [6.45, 7) is 1.11. The van der Waals surface area contributed by atoms with Crippen LogP contribution in [0, 0.1) is 0 Å². The Bertz CT molecular complexity index is 747. The zero-order valence-electron chi connectivity index (χ0n) is 17.8. The van der Waals surface area contributed by atoms with Crippen molar-refractivity contribution in [2.24, 2.45) is 0 Å². The molecular weight excluding hydrogens is 432 g/mol. The Hall–Kier alpha value is -1.74. The first-order valence-electron chi connectivity index (χ1n) is 10.1. The van der Waals surface area contributed by atoms with Crippen molar-refractivity contribution in [2.45, 2.75) is 68.3 Å². The first-order chi connectivity index (χ1) is 15.2. The van der Waals surface area contributed by atoms with Gasteiger partial charge in [0.2, 0.25) is 6.29 Å². The number of hydrogen-bond acceptors (Lipinski definition) is 12. The molecule has 12 nitrogen and oxygen atoms in total. The summed E-state index contributed by atoms with van der Waals surface area (Å²) in [5.74, 6) is 1.07. The number of hydrogen-bond donors (Lipinski definition) is 6. The molecule has 0 aromatic heterocycles. The molecule has 2 aliphatic heterocycles. The van der Waals surface area contributed by atoms with E-state index in [0.717, 1.165) is 0 Å². The van der Waals surface area contributed by atoms with Crippen LogP contribution in [0.3, 0.4) is 0 Å². The Morgan fingerprint density at radius 3 is 2.03 bits per heavy atom. The molecule has 0 aliphatic carbocycles. The molecule has 2 saturated heterocycles. The van der Waals surface area contributed by atoms with Crippen LogP contribution in [0.1, 0.15) is 6.92 Å². The van der Waals surface area contributed by atoms with Gasteiger partial charge in [0.1, 0.15) is 48.5 Å². The smallest absolute Gasteiger partial charge is 0.229 e. The van der Waals surface area contributed by atoms with Gasteiger partial charge in [0.05, 0.1) is 26.9 Å². The minimum atomic E-state index is -1.62.